The smallest absolute Gasteiger partial charge is 0.333 e. The van der Waals surface area contributed by atoms with Crippen LogP contribution in [0.3, 0.4) is 0 Å². The second-order valence-corrected chi connectivity index (χ2v) is 3.39. The van der Waals surface area contributed by atoms with E-state index >= 15 is 0 Å². The van der Waals surface area contributed by atoms with Crippen molar-refractivity contribution in [2.24, 2.45) is 23.2 Å². The first-order valence-electron chi connectivity index (χ1n) is 4.63. The summed E-state index contributed by atoms with van der Waals surface area (Å²) in [5.74, 6) is 10.9. The number of carbonyl (C=O) groups excluding carboxylic acids is 2. The van der Waals surface area contributed by atoms with Crippen molar-refractivity contribution in [3.63, 3.8) is 0 Å². The van der Waals surface area contributed by atoms with Gasteiger partial charge >= 0.3 is 12.1 Å². The first-order valence-corrected chi connectivity index (χ1v) is 4.63. The van der Waals surface area contributed by atoms with Gasteiger partial charge in [-0.1, -0.05) is 0 Å². The van der Waals surface area contributed by atoms with Crippen molar-refractivity contribution < 1.29 is 9.59 Å². The molecule has 0 spiro atoms. The Morgan fingerprint density at radius 2 is 1.59 bits per heavy atom. The van der Waals surface area contributed by atoms with Crippen LogP contribution in [0.2, 0.25) is 0 Å². The Bertz CT molecular complexity index is 461. The minimum absolute atomic E-state index is 0.386. The van der Waals surface area contributed by atoms with Gasteiger partial charge < -0.3 is 11.5 Å². The third-order valence-corrected chi connectivity index (χ3v) is 2.19. The number of amides is 4. The maximum Gasteiger partial charge on any atom is 0.333 e. The van der Waals surface area contributed by atoms with Gasteiger partial charge in [0, 0.05) is 0 Å². The fraction of sp³-hybridized carbons (Fsp3) is 0.111. The van der Waals surface area contributed by atoms with Crippen LogP contribution >= 0.6 is 0 Å². The Balaban J connectivity index is 3.10. The zero-order valence-electron chi connectivity index (χ0n) is 9.25. The van der Waals surface area contributed by atoms with Gasteiger partial charge in [-0.05, 0) is 30.7 Å². The number of benzene rings is 1. The van der Waals surface area contributed by atoms with E-state index in [1.165, 1.54) is 12.1 Å². The Kier molecular flexibility index (Phi) is 3.51. The van der Waals surface area contributed by atoms with E-state index in [1.54, 1.807) is 13.0 Å². The summed E-state index contributed by atoms with van der Waals surface area (Å²) in [5.41, 5.74) is 11.5. The SMILES string of the molecule is Cc1cc(N(N)C(N)=O)ccc1N(N)C(N)=O. The molecular formula is C9H14N6O2. The summed E-state index contributed by atoms with van der Waals surface area (Å²) in [7, 11) is 0. The molecule has 8 heteroatoms. The van der Waals surface area contributed by atoms with E-state index in [0.29, 0.717) is 16.9 Å². The third kappa shape index (κ3) is 2.62. The summed E-state index contributed by atoms with van der Waals surface area (Å²) in [6, 6.07) is 2.98. The molecule has 0 saturated heterocycles. The van der Waals surface area contributed by atoms with Crippen molar-refractivity contribution in [1.29, 1.82) is 0 Å². The second kappa shape index (κ2) is 4.68. The molecule has 0 aliphatic heterocycles. The maximum absolute atomic E-state index is 10.9. The fourth-order valence-electron chi connectivity index (χ4n) is 1.31. The number of nitrogens with zero attached hydrogens (tertiary/aromatic N) is 2. The number of carbonyl (C=O) groups is 2. The molecule has 0 radical (unpaired) electrons. The van der Waals surface area contributed by atoms with Crippen LogP contribution in [0.4, 0.5) is 21.0 Å². The Hall–Kier alpha value is -2.32. The molecule has 0 aliphatic rings. The molecule has 8 N–H and O–H groups in total. The van der Waals surface area contributed by atoms with E-state index in [4.69, 9.17) is 23.2 Å². The number of hydrogen-bond acceptors (Lipinski definition) is 4. The molecule has 1 aromatic rings. The van der Waals surface area contributed by atoms with E-state index in [2.05, 4.69) is 0 Å². The monoisotopic (exact) mass is 238 g/mol. The number of rotatable bonds is 2. The minimum Gasteiger partial charge on any atom is -0.350 e. The van der Waals surface area contributed by atoms with Crippen LogP contribution in [-0.4, -0.2) is 12.1 Å². The quantitative estimate of drug-likeness (QED) is 0.313. The summed E-state index contributed by atoms with van der Waals surface area (Å²) in [6.07, 6.45) is 0. The number of aryl methyl sites for hydroxylation is 1. The number of hydrazine groups is 2. The van der Waals surface area contributed by atoms with E-state index in [1.807, 2.05) is 0 Å². The summed E-state index contributed by atoms with van der Waals surface area (Å²) in [4.78, 5) is 21.7. The summed E-state index contributed by atoms with van der Waals surface area (Å²) in [6.45, 7) is 1.69. The Labute approximate surface area is 97.7 Å². The summed E-state index contributed by atoms with van der Waals surface area (Å²) < 4.78 is 0. The Morgan fingerprint density at radius 1 is 1.06 bits per heavy atom. The summed E-state index contributed by atoms with van der Waals surface area (Å²) in [5, 5.41) is 1.58. The highest BCUT2D eigenvalue weighted by Gasteiger charge is 2.13. The molecule has 0 fully saturated rings. The number of hydrogen-bond donors (Lipinski definition) is 4. The average Bonchev–Trinajstić information content (AvgIpc) is 2.26. The van der Waals surface area contributed by atoms with Crippen LogP contribution in [0.5, 0.6) is 0 Å². The van der Waals surface area contributed by atoms with Gasteiger partial charge in [-0.3, -0.25) is 0 Å². The van der Waals surface area contributed by atoms with Crippen molar-refractivity contribution in [3.8, 4) is 0 Å². The van der Waals surface area contributed by atoms with Crippen molar-refractivity contribution >= 4 is 23.4 Å². The van der Waals surface area contributed by atoms with Crippen molar-refractivity contribution in [3.05, 3.63) is 23.8 Å². The van der Waals surface area contributed by atoms with Crippen LogP contribution < -0.4 is 33.2 Å². The molecule has 8 nitrogen and oxygen atoms in total. The normalized spacial score (nSPS) is 9.82. The van der Waals surface area contributed by atoms with E-state index in [0.717, 1.165) is 10.0 Å². The van der Waals surface area contributed by atoms with Gasteiger partial charge in [0.1, 0.15) is 0 Å². The molecule has 17 heavy (non-hydrogen) atoms. The molecule has 0 saturated carbocycles. The van der Waals surface area contributed by atoms with Crippen LogP contribution in [0.25, 0.3) is 0 Å². The molecule has 0 aliphatic carbocycles. The van der Waals surface area contributed by atoms with Gasteiger partial charge in [0.2, 0.25) is 0 Å². The zero-order chi connectivity index (χ0) is 13.2. The zero-order valence-corrected chi connectivity index (χ0v) is 9.25. The lowest BCUT2D eigenvalue weighted by atomic mass is 10.1. The maximum atomic E-state index is 10.9. The summed E-state index contributed by atoms with van der Waals surface area (Å²) >= 11 is 0. The lowest BCUT2D eigenvalue weighted by Gasteiger charge is -2.19. The van der Waals surface area contributed by atoms with Crippen LogP contribution in [0.15, 0.2) is 18.2 Å². The number of nitrogens with two attached hydrogens (primary N) is 4. The van der Waals surface area contributed by atoms with Crippen molar-refractivity contribution in [1.82, 2.24) is 0 Å². The van der Waals surface area contributed by atoms with E-state index < -0.39 is 12.1 Å². The van der Waals surface area contributed by atoms with Gasteiger partial charge in [-0.2, -0.15) is 0 Å². The molecule has 0 aromatic heterocycles. The van der Waals surface area contributed by atoms with Gasteiger partial charge in [0.05, 0.1) is 11.4 Å². The van der Waals surface area contributed by atoms with Crippen molar-refractivity contribution in [2.75, 3.05) is 10.0 Å². The standard InChI is InChI=1S/C9H14N6O2/c1-5-4-6(14(12)8(10)16)2-3-7(5)15(13)9(11)17/h2-4H,12-13H2,1H3,(H2,10,16)(H2,11,17). The van der Waals surface area contributed by atoms with Gasteiger partial charge in [-0.15, -0.1) is 0 Å². The molecule has 1 aromatic carbocycles. The number of urea groups is 2. The highest BCUT2D eigenvalue weighted by atomic mass is 16.2. The van der Waals surface area contributed by atoms with Gasteiger partial charge in [-0.25, -0.2) is 31.3 Å². The highest BCUT2D eigenvalue weighted by Crippen LogP contribution is 2.23. The molecule has 0 unspecified atom stereocenters. The molecule has 0 bridgehead atoms. The van der Waals surface area contributed by atoms with Crippen LogP contribution in [0.1, 0.15) is 5.56 Å². The highest BCUT2D eigenvalue weighted by molar-refractivity contribution is 5.92. The predicted molar refractivity (Wildman–Crippen MR) is 63.7 cm³/mol. The lowest BCUT2D eigenvalue weighted by Crippen LogP contribution is -2.43. The lowest BCUT2D eigenvalue weighted by molar-refractivity contribution is 0.253. The molecular weight excluding hydrogens is 224 g/mol. The van der Waals surface area contributed by atoms with Gasteiger partial charge in [0.25, 0.3) is 0 Å². The largest absolute Gasteiger partial charge is 0.350 e. The first kappa shape index (κ1) is 12.7. The molecule has 4 amide bonds. The van der Waals surface area contributed by atoms with Crippen molar-refractivity contribution in [2.45, 2.75) is 6.92 Å². The molecule has 0 heterocycles. The third-order valence-electron chi connectivity index (χ3n) is 2.19. The fourth-order valence-corrected chi connectivity index (χ4v) is 1.31. The average molecular weight is 238 g/mol. The van der Waals surface area contributed by atoms with Crippen LogP contribution in [0, 0.1) is 6.92 Å². The van der Waals surface area contributed by atoms with Crippen LogP contribution in [-0.2, 0) is 0 Å². The number of anilines is 2. The molecule has 0 atom stereocenters. The van der Waals surface area contributed by atoms with E-state index in [9.17, 15) is 9.59 Å². The molecule has 92 valence electrons. The Morgan fingerprint density at radius 3 is 2.00 bits per heavy atom. The van der Waals surface area contributed by atoms with E-state index in [-0.39, 0.29) is 0 Å². The van der Waals surface area contributed by atoms with Gasteiger partial charge in [0.15, 0.2) is 0 Å². The predicted octanol–water partition coefficient (Wildman–Crippen LogP) is -0.487. The molecule has 1 rings (SSSR count). The first-order chi connectivity index (χ1) is 7.84. The second-order valence-electron chi connectivity index (χ2n) is 3.39. The topological polar surface area (TPSA) is 145 Å². The number of primary amides is 2. The minimum atomic E-state index is -0.795.